The van der Waals surface area contributed by atoms with Gasteiger partial charge in [-0.1, -0.05) is 0 Å². The highest BCUT2D eigenvalue weighted by Crippen LogP contribution is 1.95. The molecule has 0 saturated heterocycles. The fourth-order valence-corrected chi connectivity index (χ4v) is 2.01. The molecule has 0 spiro atoms. The average Bonchev–Trinajstić information content (AvgIpc) is 2.25. The van der Waals surface area contributed by atoms with Gasteiger partial charge >= 0.3 is 5.97 Å². The van der Waals surface area contributed by atoms with Gasteiger partial charge in [-0.3, -0.25) is 4.79 Å². The normalized spacial score (nSPS) is 10.8. The van der Waals surface area contributed by atoms with E-state index in [1.807, 2.05) is 0 Å². The van der Waals surface area contributed by atoms with Gasteiger partial charge < -0.3 is 4.74 Å². The lowest BCUT2D eigenvalue weighted by molar-refractivity contribution is -0.140. The zero-order chi connectivity index (χ0) is 12.4. The first-order chi connectivity index (χ1) is 7.52. The van der Waals surface area contributed by atoms with Crippen LogP contribution >= 0.6 is 0 Å². The van der Waals surface area contributed by atoms with Gasteiger partial charge in [-0.2, -0.15) is 0 Å². The standard InChI is InChI=1S/C10H17NO4S/c1-3-4-5-6-8-11-16(13,14)9-7-10(12)15-2/h1,11H,4-9H2,2H3. The van der Waals surface area contributed by atoms with E-state index in [1.165, 1.54) is 7.11 Å². The molecular formula is C10H17NO4S. The van der Waals surface area contributed by atoms with E-state index in [0.717, 1.165) is 6.42 Å². The number of terminal acetylenes is 1. The molecule has 0 aromatic heterocycles. The Balaban J connectivity index is 3.72. The van der Waals surface area contributed by atoms with Crippen molar-refractivity contribution in [1.29, 1.82) is 0 Å². The predicted octanol–water partition coefficient (Wildman–Crippen LogP) is 0.272. The lowest BCUT2D eigenvalue weighted by atomic mass is 10.2. The number of rotatable bonds is 8. The molecule has 6 heteroatoms. The summed E-state index contributed by atoms with van der Waals surface area (Å²) in [4.78, 5) is 10.7. The molecule has 0 aliphatic rings. The van der Waals surface area contributed by atoms with Gasteiger partial charge in [0, 0.05) is 13.0 Å². The van der Waals surface area contributed by atoms with E-state index < -0.39 is 16.0 Å². The van der Waals surface area contributed by atoms with Crippen molar-refractivity contribution in [2.45, 2.75) is 25.7 Å². The lowest BCUT2D eigenvalue weighted by Crippen LogP contribution is -2.28. The number of hydrogen-bond donors (Lipinski definition) is 1. The summed E-state index contributed by atoms with van der Waals surface area (Å²) >= 11 is 0. The monoisotopic (exact) mass is 247 g/mol. The van der Waals surface area contributed by atoms with Crippen LogP contribution in [0, 0.1) is 12.3 Å². The molecular weight excluding hydrogens is 230 g/mol. The SMILES string of the molecule is C#CCCCCNS(=O)(=O)CCC(=O)OC. The minimum Gasteiger partial charge on any atom is -0.469 e. The molecule has 1 N–H and O–H groups in total. The molecule has 0 bridgehead atoms. The summed E-state index contributed by atoms with van der Waals surface area (Å²) in [6.07, 6.45) is 7.05. The topological polar surface area (TPSA) is 72.5 Å². The summed E-state index contributed by atoms with van der Waals surface area (Å²) in [5, 5.41) is 0. The fourth-order valence-electron chi connectivity index (χ4n) is 0.972. The highest BCUT2D eigenvalue weighted by molar-refractivity contribution is 7.89. The van der Waals surface area contributed by atoms with Gasteiger partial charge in [-0.25, -0.2) is 13.1 Å². The molecule has 0 amide bonds. The average molecular weight is 247 g/mol. The first-order valence-corrected chi connectivity index (χ1v) is 6.64. The van der Waals surface area contributed by atoms with Crippen molar-refractivity contribution in [3.8, 4) is 12.3 Å². The summed E-state index contributed by atoms with van der Waals surface area (Å²) in [7, 11) is -2.15. The second kappa shape index (κ2) is 8.13. The number of ether oxygens (including phenoxy) is 1. The minimum absolute atomic E-state index is 0.129. The van der Waals surface area contributed by atoms with Crippen LogP contribution in [-0.4, -0.2) is 33.8 Å². The van der Waals surface area contributed by atoms with Crippen LogP contribution < -0.4 is 4.72 Å². The first-order valence-electron chi connectivity index (χ1n) is 4.99. The van der Waals surface area contributed by atoms with Crippen molar-refractivity contribution in [2.24, 2.45) is 0 Å². The highest BCUT2D eigenvalue weighted by atomic mass is 32.2. The number of hydrogen-bond acceptors (Lipinski definition) is 4. The molecule has 0 aliphatic heterocycles. The van der Waals surface area contributed by atoms with Crippen LogP contribution in [0.4, 0.5) is 0 Å². The van der Waals surface area contributed by atoms with Crippen LogP contribution in [0.5, 0.6) is 0 Å². The van der Waals surface area contributed by atoms with E-state index in [1.54, 1.807) is 0 Å². The lowest BCUT2D eigenvalue weighted by Gasteiger charge is -2.05. The van der Waals surface area contributed by atoms with Crippen molar-refractivity contribution >= 4 is 16.0 Å². The molecule has 0 heterocycles. The van der Waals surface area contributed by atoms with Crippen molar-refractivity contribution in [2.75, 3.05) is 19.4 Å². The van der Waals surface area contributed by atoms with Gasteiger partial charge in [0.25, 0.3) is 0 Å². The van der Waals surface area contributed by atoms with E-state index in [4.69, 9.17) is 6.42 Å². The van der Waals surface area contributed by atoms with Crippen molar-refractivity contribution in [1.82, 2.24) is 4.72 Å². The number of sulfonamides is 1. The second-order valence-electron chi connectivity index (χ2n) is 3.20. The van der Waals surface area contributed by atoms with E-state index >= 15 is 0 Å². The minimum atomic E-state index is -3.38. The van der Waals surface area contributed by atoms with Gasteiger partial charge in [0.15, 0.2) is 0 Å². The molecule has 0 saturated carbocycles. The summed E-state index contributed by atoms with van der Waals surface area (Å²) in [6.45, 7) is 0.352. The van der Waals surface area contributed by atoms with Crippen molar-refractivity contribution in [3.05, 3.63) is 0 Å². The number of unbranched alkanes of at least 4 members (excludes halogenated alkanes) is 2. The van der Waals surface area contributed by atoms with Crippen LogP contribution in [0.1, 0.15) is 25.7 Å². The van der Waals surface area contributed by atoms with Crippen LogP contribution in [-0.2, 0) is 19.6 Å². The third kappa shape index (κ3) is 8.26. The van der Waals surface area contributed by atoms with Gasteiger partial charge in [0.05, 0.1) is 19.3 Å². The molecule has 0 rings (SSSR count). The van der Waals surface area contributed by atoms with E-state index in [-0.39, 0.29) is 12.2 Å². The van der Waals surface area contributed by atoms with E-state index in [0.29, 0.717) is 19.4 Å². The smallest absolute Gasteiger partial charge is 0.306 e. The Kier molecular flexibility index (Phi) is 7.60. The van der Waals surface area contributed by atoms with Crippen LogP contribution in [0.2, 0.25) is 0 Å². The number of nitrogens with one attached hydrogen (secondary N) is 1. The second-order valence-corrected chi connectivity index (χ2v) is 5.13. The Bertz CT molecular complexity index is 342. The van der Waals surface area contributed by atoms with Gasteiger partial charge in [0.2, 0.25) is 10.0 Å². The Morgan fingerprint density at radius 3 is 2.69 bits per heavy atom. The van der Waals surface area contributed by atoms with Crippen molar-refractivity contribution in [3.63, 3.8) is 0 Å². The molecule has 0 unspecified atom stereocenters. The molecule has 5 nitrogen and oxygen atoms in total. The van der Waals surface area contributed by atoms with Crippen LogP contribution in [0.25, 0.3) is 0 Å². The third-order valence-electron chi connectivity index (χ3n) is 1.87. The zero-order valence-corrected chi connectivity index (χ0v) is 10.2. The van der Waals surface area contributed by atoms with Crippen molar-refractivity contribution < 1.29 is 17.9 Å². The summed E-state index contributed by atoms with van der Waals surface area (Å²) in [5.41, 5.74) is 0. The number of esters is 1. The maximum absolute atomic E-state index is 11.3. The Morgan fingerprint density at radius 1 is 1.44 bits per heavy atom. The maximum Gasteiger partial charge on any atom is 0.306 e. The molecule has 0 aromatic carbocycles. The molecule has 0 fully saturated rings. The predicted molar refractivity (Wildman–Crippen MR) is 61.1 cm³/mol. The zero-order valence-electron chi connectivity index (χ0n) is 9.36. The summed E-state index contributed by atoms with van der Waals surface area (Å²) in [5.74, 6) is 1.70. The largest absolute Gasteiger partial charge is 0.469 e. The quantitative estimate of drug-likeness (QED) is 0.380. The third-order valence-corrected chi connectivity index (χ3v) is 3.26. The highest BCUT2D eigenvalue weighted by Gasteiger charge is 2.12. The molecule has 0 atom stereocenters. The van der Waals surface area contributed by atoms with Gasteiger partial charge in [0.1, 0.15) is 0 Å². The van der Waals surface area contributed by atoms with Crippen LogP contribution in [0.15, 0.2) is 0 Å². The van der Waals surface area contributed by atoms with E-state index in [9.17, 15) is 13.2 Å². The Hall–Kier alpha value is -1.06. The molecule has 0 aliphatic carbocycles. The first kappa shape index (κ1) is 14.9. The summed E-state index contributed by atoms with van der Waals surface area (Å²) < 4.78 is 29.4. The molecule has 0 radical (unpaired) electrons. The van der Waals surface area contributed by atoms with Gasteiger partial charge in [-0.05, 0) is 12.8 Å². The van der Waals surface area contributed by atoms with Gasteiger partial charge in [-0.15, -0.1) is 12.3 Å². The fraction of sp³-hybridized carbons (Fsp3) is 0.700. The number of carbonyl (C=O) groups is 1. The molecule has 92 valence electrons. The Morgan fingerprint density at radius 2 is 2.12 bits per heavy atom. The summed E-state index contributed by atoms with van der Waals surface area (Å²) in [6, 6.07) is 0. The number of carbonyl (C=O) groups excluding carboxylic acids is 1. The van der Waals surface area contributed by atoms with Crippen LogP contribution in [0.3, 0.4) is 0 Å². The molecule has 16 heavy (non-hydrogen) atoms. The Labute approximate surface area is 96.6 Å². The number of methoxy groups -OCH3 is 1. The molecule has 0 aromatic rings. The van der Waals surface area contributed by atoms with E-state index in [2.05, 4.69) is 15.4 Å². The maximum atomic E-state index is 11.3.